The number of rotatable bonds is 5. The first-order valence-electron chi connectivity index (χ1n) is 7.66. The predicted molar refractivity (Wildman–Crippen MR) is 80.4 cm³/mol. The van der Waals surface area contributed by atoms with E-state index < -0.39 is 11.6 Å². The average molecular weight is 314 g/mol. The molecule has 0 bridgehead atoms. The van der Waals surface area contributed by atoms with Crippen molar-refractivity contribution in [3.63, 3.8) is 0 Å². The average Bonchev–Trinajstić information content (AvgIpc) is 2.41. The summed E-state index contributed by atoms with van der Waals surface area (Å²) < 4.78 is 5.31. The smallest absolute Gasteiger partial charge is 0.410 e. The normalized spacial score (nSPS) is 16.2. The van der Waals surface area contributed by atoms with E-state index in [0.29, 0.717) is 38.9 Å². The third-order valence-corrected chi connectivity index (χ3v) is 3.38. The SMILES string of the molecule is CC(C)(C)OC(=O)N1CCC(C(=O)NCCCC(=O)O)CC1. The van der Waals surface area contributed by atoms with Gasteiger partial charge in [-0.2, -0.15) is 0 Å². The lowest BCUT2D eigenvalue weighted by Crippen LogP contribution is -2.45. The standard InChI is InChI=1S/C15H26N2O5/c1-15(2,3)22-14(21)17-9-6-11(7-10-17)13(20)16-8-4-5-12(18)19/h11H,4-10H2,1-3H3,(H,16,20)(H,18,19). The molecule has 1 aliphatic rings. The van der Waals surface area contributed by atoms with Crippen LogP contribution < -0.4 is 5.32 Å². The summed E-state index contributed by atoms with van der Waals surface area (Å²) in [6.45, 7) is 6.84. The number of hydrogen-bond acceptors (Lipinski definition) is 4. The van der Waals surface area contributed by atoms with E-state index in [1.807, 2.05) is 20.8 Å². The minimum absolute atomic E-state index is 0.0529. The summed E-state index contributed by atoms with van der Waals surface area (Å²) in [5.41, 5.74) is -0.518. The second-order valence-electron chi connectivity index (χ2n) is 6.53. The van der Waals surface area contributed by atoms with Gasteiger partial charge in [0, 0.05) is 32.0 Å². The maximum absolute atomic E-state index is 12.0. The summed E-state index contributed by atoms with van der Waals surface area (Å²) in [6.07, 6.45) is 1.34. The minimum Gasteiger partial charge on any atom is -0.481 e. The third kappa shape index (κ3) is 6.78. The van der Waals surface area contributed by atoms with Crippen molar-refractivity contribution in [2.45, 2.75) is 52.1 Å². The molecule has 0 aromatic rings. The van der Waals surface area contributed by atoms with Crippen LogP contribution in [0.15, 0.2) is 0 Å². The number of carboxylic acids is 1. The van der Waals surface area contributed by atoms with Crippen LogP contribution in [0.3, 0.4) is 0 Å². The Bertz CT molecular complexity index is 409. The van der Waals surface area contributed by atoms with Crippen molar-refractivity contribution in [1.29, 1.82) is 0 Å². The monoisotopic (exact) mass is 314 g/mol. The Balaban J connectivity index is 2.28. The van der Waals surface area contributed by atoms with Crippen LogP contribution in [0, 0.1) is 5.92 Å². The molecule has 0 saturated carbocycles. The number of ether oxygens (including phenoxy) is 1. The molecule has 0 spiro atoms. The van der Waals surface area contributed by atoms with Crippen LogP contribution in [-0.2, 0) is 14.3 Å². The number of nitrogens with one attached hydrogen (secondary N) is 1. The number of nitrogens with zero attached hydrogens (tertiary/aromatic N) is 1. The van der Waals surface area contributed by atoms with Gasteiger partial charge < -0.3 is 20.1 Å². The van der Waals surface area contributed by atoms with Gasteiger partial charge >= 0.3 is 12.1 Å². The molecule has 1 aliphatic heterocycles. The molecule has 0 radical (unpaired) electrons. The predicted octanol–water partition coefficient (Wildman–Crippen LogP) is 1.61. The zero-order valence-electron chi connectivity index (χ0n) is 13.6. The highest BCUT2D eigenvalue weighted by Gasteiger charge is 2.29. The molecule has 1 saturated heterocycles. The fourth-order valence-electron chi connectivity index (χ4n) is 2.25. The van der Waals surface area contributed by atoms with Crippen LogP contribution in [-0.4, -0.2) is 53.2 Å². The van der Waals surface area contributed by atoms with Gasteiger partial charge in [-0.1, -0.05) is 0 Å². The zero-order chi connectivity index (χ0) is 16.8. The summed E-state index contributed by atoms with van der Waals surface area (Å²) >= 11 is 0. The summed E-state index contributed by atoms with van der Waals surface area (Å²) in [5.74, 6) is -1.04. The van der Waals surface area contributed by atoms with Crippen molar-refractivity contribution < 1.29 is 24.2 Å². The van der Waals surface area contributed by atoms with Gasteiger partial charge in [-0.25, -0.2) is 4.79 Å². The van der Waals surface area contributed by atoms with Gasteiger partial charge in [-0.3, -0.25) is 9.59 Å². The van der Waals surface area contributed by atoms with Crippen LogP contribution in [0.2, 0.25) is 0 Å². The van der Waals surface area contributed by atoms with Gasteiger partial charge in [0.05, 0.1) is 0 Å². The number of piperidine rings is 1. The number of amides is 2. The fourth-order valence-corrected chi connectivity index (χ4v) is 2.25. The van der Waals surface area contributed by atoms with Gasteiger partial charge in [0.2, 0.25) is 5.91 Å². The van der Waals surface area contributed by atoms with E-state index >= 15 is 0 Å². The molecule has 2 N–H and O–H groups in total. The van der Waals surface area contributed by atoms with Gasteiger partial charge in [0.1, 0.15) is 5.60 Å². The highest BCUT2D eigenvalue weighted by molar-refractivity contribution is 5.79. The number of hydrogen-bond donors (Lipinski definition) is 2. The second-order valence-corrected chi connectivity index (χ2v) is 6.53. The highest BCUT2D eigenvalue weighted by atomic mass is 16.6. The molecule has 7 nitrogen and oxygen atoms in total. The molecule has 1 heterocycles. The molecule has 126 valence electrons. The van der Waals surface area contributed by atoms with Crippen molar-refractivity contribution in [2.24, 2.45) is 5.92 Å². The molecule has 0 aromatic heterocycles. The van der Waals surface area contributed by atoms with E-state index in [1.165, 1.54) is 0 Å². The minimum atomic E-state index is -0.861. The Morgan fingerprint density at radius 3 is 2.32 bits per heavy atom. The molecular weight excluding hydrogens is 288 g/mol. The first kappa shape index (κ1) is 18.3. The maximum atomic E-state index is 12.0. The maximum Gasteiger partial charge on any atom is 0.410 e. The summed E-state index contributed by atoms with van der Waals surface area (Å²) in [5, 5.41) is 11.3. The molecule has 1 rings (SSSR count). The molecule has 1 fully saturated rings. The van der Waals surface area contributed by atoms with Crippen molar-refractivity contribution in [2.75, 3.05) is 19.6 Å². The van der Waals surface area contributed by atoms with Crippen LogP contribution in [0.25, 0.3) is 0 Å². The number of carbonyl (C=O) groups is 3. The van der Waals surface area contributed by atoms with Crippen molar-refractivity contribution in [3.05, 3.63) is 0 Å². The Labute approximate surface area is 131 Å². The molecule has 0 aromatic carbocycles. The van der Waals surface area contributed by atoms with E-state index in [4.69, 9.17) is 9.84 Å². The zero-order valence-corrected chi connectivity index (χ0v) is 13.6. The highest BCUT2D eigenvalue weighted by Crippen LogP contribution is 2.19. The lowest BCUT2D eigenvalue weighted by atomic mass is 9.96. The van der Waals surface area contributed by atoms with Crippen molar-refractivity contribution in [1.82, 2.24) is 10.2 Å². The molecule has 7 heteroatoms. The fraction of sp³-hybridized carbons (Fsp3) is 0.800. The molecule has 0 atom stereocenters. The quantitative estimate of drug-likeness (QED) is 0.752. The Morgan fingerprint density at radius 2 is 1.82 bits per heavy atom. The van der Waals surface area contributed by atoms with E-state index in [2.05, 4.69) is 5.32 Å². The Morgan fingerprint density at radius 1 is 1.23 bits per heavy atom. The first-order valence-corrected chi connectivity index (χ1v) is 7.66. The summed E-state index contributed by atoms with van der Waals surface area (Å²) in [4.78, 5) is 35.9. The van der Waals surface area contributed by atoms with Crippen molar-refractivity contribution >= 4 is 18.0 Å². The van der Waals surface area contributed by atoms with E-state index in [9.17, 15) is 14.4 Å². The summed E-state index contributed by atoms with van der Waals surface area (Å²) in [7, 11) is 0. The van der Waals surface area contributed by atoms with E-state index in [0.717, 1.165) is 0 Å². The molecular formula is C15H26N2O5. The van der Waals surface area contributed by atoms with Gasteiger partial charge in [0.25, 0.3) is 0 Å². The lowest BCUT2D eigenvalue weighted by molar-refractivity contribution is -0.137. The molecule has 0 aliphatic carbocycles. The van der Waals surface area contributed by atoms with Gasteiger partial charge in [0.15, 0.2) is 0 Å². The number of aliphatic carboxylic acids is 1. The van der Waals surface area contributed by atoms with Crippen molar-refractivity contribution in [3.8, 4) is 0 Å². The number of carboxylic acid groups (broad SMARTS) is 1. The second kappa shape index (κ2) is 8.00. The van der Waals surface area contributed by atoms with Gasteiger partial charge in [-0.15, -0.1) is 0 Å². The number of likely N-dealkylation sites (tertiary alicyclic amines) is 1. The Hall–Kier alpha value is -1.79. The molecule has 0 unspecified atom stereocenters. The van der Waals surface area contributed by atoms with Crippen LogP contribution in [0.5, 0.6) is 0 Å². The number of carbonyl (C=O) groups excluding carboxylic acids is 2. The van der Waals surface area contributed by atoms with E-state index in [-0.39, 0.29) is 24.3 Å². The molecule has 22 heavy (non-hydrogen) atoms. The van der Waals surface area contributed by atoms with Gasteiger partial charge in [-0.05, 0) is 40.0 Å². The Kier molecular flexibility index (Phi) is 6.64. The van der Waals surface area contributed by atoms with E-state index in [1.54, 1.807) is 4.90 Å². The largest absolute Gasteiger partial charge is 0.481 e. The van der Waals surface area contributed by atoms with Crippen LogP contribution in [0.4, 0.5) is 4.79 Å². The topological polar surface area (TPSA) is 95.9 Å². The lowest BCUT2D eigenvalue weighted by Gasteiger charge is -2.32. The van der Waals surface area contributed by atoms with Crippen LogP contribution >= 0.6 is 0 Å². The first-order chi connectivity index (χ1) is 10.2. The third-order valence-electron chi connectivity index (χ3n) is 3.38. The molecule has 2 amide bonds. The summed E-state index contributed by atoms with van der Waals surface area (Å²) in [6, 6.07) is 0. The van der Waals surface area contributed by atoms with Crippen LogP contribution in [0.1, 0.15) is 46.5 Å².